The highest BCUT2D eigenvalue weighted by molar-refractivity contribution is 4.90. The normalized spacial score (nSPS) is 12.4. The summed E-state index contributed by atoms with van der Waals surface area (Å²) in [5.74, 6) is 0.286. The summed E-state index contributed by atoms with van der Waals surface area (Å²) in [5.41, 5.74) is 3.12. The molecule has 0 aliphatic carbocycles. The van der Waals surface area contributed by atoms with Crippen LogP contribution in [0.25, 0.3) is 0 Å². The maximum absolute atomic E-state index is 9.07. The van der Waals surface area contributed by atoms with E-state index in [1.165, 1.54) is 12.8 Å². The molecule has 1 atom stereocenters. The topological polar surface area (TPSA) is 23.5 Å². The lowest BCUT2D eigenvalue weighted by atomic mass is 10.0. The van der Waals surface area contributed by atoms with Gasteiger partial charge in [0.25, 0.3) is 0 Å². The van der Waals surface area contributed by atoms with Crippen molar-refractivity contribution in [2.24, 2.45) is 5.92 Å². The molecule has 1 unspecified atom stereocenters. The molecule has 0 aliphatic rings. The van der Waals surface area contributed by atoms with Crippen LogP contribution in [0.3, 0.4) is 0 Å². The molecular weight excluding hydrogens is 174 g/mol. The maximum Gasteiger partial charge on any atom is 0.0499 e. The van der Waals surface area contributed by atoms with Crippen molar-refractivity contribution in [1.82, 2.24) is 4.90 Å². The average Bonchev–Trinajstić information content (AvgIpc) is 2.16. The molecule has 2 nitrogen and oxygen atoms in total. The second-order valence-electron chi connectivity index (χ2n) is 3.88. The second-order valence-corrected chi connectivity index (χ2v) is 3.88. The van der Waals surface area contributed by atoms with Crippen LogP contribution in [0.2, 0.25) is 0 Å². The van der Waals surface area contributed by atoms with Gasteiger partial charge in [-0.1, -0.05) is 19.8 Å². The predicted octanol–water partition coefficient (Wildman–Crippen LogP) is 2.06. The first-order valence-electron chi connectivity index (χ1n) is 5.37. The molecule has 0 saturated carbocycles. The van der Waals surface area contributed by atoms with Crippen molar-refractivity contribution in [3.63, 3.8) is 0 Å². The van der Waals surface area contributed by atoms with Crippen LogP contribution in [-0.2, 0) is 0 Å². The lowest BCUT2D eigenvalue weighted by Gasteiger charge is -2.06. The summed E-state index contributed by atoms with van der Waals surface area (Å²) >= 11 is 0. The Labute approximate surface area is 87.9 Å². The van der Waals surface area contributed by atoms with E-state index in [4.69, 9.17) is 5.11 Å². The highest BCUT2D eigenvalue weighted by Gasteiger charge is 2.00. The van der Waals surface area contributed by atoms with Crippen LogP contribution in [0.1, 0.15) is 26.2 Å². The van der Waals surface area contributed by atoms with Gasteiger partial charge in [0.15, 0.2) is 0 Å². The van der Waals surface area contributed by atoms with Crippen molar-refractivity contribution in [3.8, 4) is 0 Å². The van der Waals surface area contributed by atoms with Gasteiger partial charge in [0.1, 0.15) is 0 Å². The van der Waals surface area contributed by atoms with Crippen LogP contribution in [0, 0.1) is 5.92 Å². The van der Waals surface area contributed by atoms with Gasteiger partial charge in [-0.05, 0) is 32.7 Å². The van der Waals surface area contributed by atoms with Crippen LogP contribution in [0.15, 0.2) is 17.9 Å². The molecule has 0 radical (unpaired) electrons. The van der Waals surface area contributed by atoms with E-state index < -0.39 is 0 Å². The van der Waals surface area contributed by atoms with Crippen LogP contribution < -0.4 is 0 Å². The molecule has 0 spiro atoms. The van der Waals surface area contributed by atoms with Crippen LogP contribution >= 0.6 is 0 Å². The van der Waals surface area contributed by atoms with E-state index in [-0.39, 0.29) is 12.5 Å². The number of aliphatic hydroxyl groups excluding tert-OH is 1. The highest BCUT2D eigenvalue weighted by Crippen LogP contribution is 2.08. The van der Waals surface area contributed by atoms with Crippen molar-refractivity contribution in [3.05, 3.63) is 17.9 Å². The van der Waals surface area contributed by atoms with E-state index in [1.807, 2.05) is 26.2 Å². The minimum absolute atomic E-state index is 0.239. The van der Waals surface area contributed by atoms with Crippen molar-refractivity contribution in [1.29, 1.82) is 0 Å². The minimum Gasteiger partial charge on any atom is -0.396 e. The van der Waals surface area contributed by atoms with Gasteiger partial charge in [0.2, 0.25) is 0 Å². The Morgan fingerprint density at radius 2 is 2.14 bits per heavy atom. The predicted molar refractivity (Wildman–Crippen MR) is 61.3 cm³/mol. The number of unbranched alkanes of at least 4 members (excludes halogenated alkanes) is 1. The third kappa shape index (κ3) is 8.06. The largest absolute Gasteiger partial charge is 0.396 e. The fourth-order valence-electron chi connectivity index (χ4n) is 1.13. The summed E-state index contributed by atoms with van der Waals surface area (Å²) < 4.78 is 0. The first kappa shape index (κ1) is 13.4. The molecule has 0 amide bonds. The average molecular weight is 197 g/mol. The molecule has 0 aromatic heterocycles. The summed E-state index contributed by atoms with van der Waals surface area (Å²) in [6.45, 7) is 3.31. The summed E-state index contributed by atoms with van der Waals surface area (Å²) in [6, 6.07) is 0. The quantitative estimate of drug-likeness (QED) is 0.631. The lowest BCUT2D eigenvalue weighted by molar-refractivity contribution is 0.244. The molecule has 0 heterocycles. The minimum atomic E-state index is 0.239. The molecule has 2 heteroatoms. The Balaban J connectivity index is 3.83. The van der Waals surface area contributed by atoms with Crippen LogP contribution in [0.4, 0.5) is 0 Å². The van der Waals surface area contributed by atoms with Crippen molar-refractivity contribution < 1.29 is 5.11 Å². The number of nitrogens with zero attached hydrogens (tertiary/aromatic N) is 1. The lowest BCUT2D eigenvalue weighted by Crippen LogP contribution is -2.10. The summed E-state index contributed by atoms with van der Waals surface area (Å²) in [5, 5.41) is 9.07. The molecule has 82 valence electrons. The van der Waals surface area contributed by atoms with E-state index in [9.17, 15) is 0 Å². The van der Waals surface area contributed by atoms with Crippen molar-refractivity contribution in [2.45, 2.75) is 26.2 Å². The van der Waals surface area contributed by atoms with Gasteiger partial charge in [0, 0.05) is 19.1 Å². The molecule has 14 heavy (non-hydrogen) atoms. The van der Waals surface area contributed by atoms with E-state index >= 15 is 0 Å². The standard InChI is InChI=1S/C12H23NO/c1-4-5-8-12(11-14)9-6-7-10-13(2)3/h7,9,12,14H,4-5,8,10-11H2,1-3H3. The van der Waals surface area contributed by atoms with E-state index in [2.05, 4.69) is 17.6 Å². The first-order chi connectivity index (χ1) is 6.70. The van der Waals surface area contributed by atoms with Crippen LogP contribution in [-0.4, -0.2) is 37.3 Å². The smallest absolute Gasteiger partial charge is 0.0499 e. The summed E-state index contributed by atoms with van der Waals surface area (Å²) in [6.07, 6.45) is 7.41. The van der Waals surface area contributed by atoms with Crippen LogP contribution in [0.5, 0.6) is 0 Å². The highest BCUT2D eigenvalue weighted by atomic mass is 16.3. The van der Waals surface area contributed by atoms with Crippen molar-refractivity contribution in [2.75, 3.05) is 27.2 Å². The van der Waals surface area contributed by atoms with Gasteiger partial charge in [-0.25, -0.2) is 0 Å². The van der Waals surface area contributed by atoms with Crippen molar-refractivity contribution >= 4 is 0 Å². The molecule has 0 fully saturated rings. The Bertz CT molecular complexity index is 181. The Kier molecular flexibility index (Phi) is 8.65. The zero-order valence-electron chi connectivity index (χ0n) is 9.66. The van der Waals surface area contributed by atoms with Gasteiger partial charge >= 0.3 is 0 Å². The molecule has 0 saturated heterocycles. The number of likely N-dealkylation sites (N-methyl/N-ethyl adjacent to an activating group) is 1. The molecule has 0 aromatic rings. The monoisotopic (exact) mass is 197 g/mol. The zero-order valence-corrected chi connectivity index (χ0v) is 9.66. The van der Waals surface area contributed by atoms with Gasteiger partial charge < -0.3 is 10.0 Å². The molecule has 1 N–H and O–H groups in total. The van der Waals surface area contributed by atoms with E-state index in [1.54, 1.807) is 0 Å². The Morgan fingerprint density at radius 1 is 1.43 bits per heavy atom. The second kappa shape index (κ2) is 9.01. The van der Waals surface area contributed by atoms with Gasteiger partial charge in [-0.15, -0.1) is 5.73 Å². The zero-order chi connectivity index (χ0) is 10.8. The first-order valence-corrected chi connectivity index (χ1v) is 5.37. The fourth-order valence-corrected chi connectivity index (χ4v) is 1.13. The third-order valence-corrected chi connectivity index (χ3v) is 2.07. The number of hydrogen-bond acceptors (Lipinski definition) is 2. The van der Waals surface area contributed by atoms with Gasteiger partial charge in [-0.2, -0.15) is 0 Å². The number of aliphatic hydroxyl groups is 1. The fraction of sp³-hybridized carbons (Fsp3) is 0.750. The van der Waals surface area contributed by atoms with Gasteiger partial charge in [-0.3, -0.25) is 0 Å². The molecular formula is C12H23NO. The summed E-state index contributed by atoms with van der Waals surface area (Å²) in [4.78, 5) is 2.08. The maximum atomic E-state index is 9.07. The molecule has 0 bridgehead atoms. The summed E-state index contributed by atoms with van der Waals surface area (Å²) in [7, 11) is 4.05. The Morgan fingerprint density at radius 3 is 2.64 bits per heavy atom. The molecule has 0 aromatic carbocycles. The SMILES string of the molecule is CCCCC(C=C=CCN(C)C)CO. The van der Waals surface area contributed by atoms with E-state index in [0.29, 0.717) is 0 Å². The van der Waals surface area contributed by atoms with E-state index in [0.717, 1.165) is 13.0 Å². The number of rotatable bonds is 7. The third-order valence-electron chi connectivity index (χ3n) is 2.07. The number of hydrogen-bond donors (Lipinski definition) is 1. The van der Waals surface area contributed by atoms with Gasteiger partial charge in [0.05, 0.1) is 0 Å². The molecule has 0 rings (SSSR count). The Hall–Kier alpha value is -0.560. The molecule has 0 aliphatic heterocycles.